The van der Waals surface area contributed by atoms with E-state index in [4.69, 9.17) is 32.3 Å². The second-order valence-corrected chi connectivity index (χ2v) is 10.7. The maximum absolute atomic E-state index is 6.72. The molecule has 1 unspecified atom stereocenters. The van der Waals surface area contributed by atoms with Gasteiger partial charge in [0.25, 0.3) is 0 Å². The van der Waals surface area contributed by atoms with E-state index in [1.54, 1.807) is 16.0 Å². The molecule has 9 nitrogen and oxygen atoms in total. The number of aromatic nitrogens is 7. The normalized spacial score (nSPS) is 23.8. The number of benzene rings is 1. The summed E-state index contributed by atoms with van der Waals surface area (Å²) in [5.74, 6) is 1.83. The highest BCUT2D eigenvalue weighted by Crippen LogP contribution is 2.63. The van der Waals surface area contributed by atoms with E-state index in [1.807, 2.05) is 38.5 Å². The molecule has 2 fully saturated rings. The number of H-pyrrole nitrogens is 1. The molecule has 5 aromatic rings. The van der Waals surface area contributed by atoms with Crippen molar-refractivity contribution in [3.05, 3.63) is 45.6 Å². The smallest absolute Gasteiger partial charge is 0.202 e. The van der Waals surface area contributed by atoms with E-state index in [9.17, 15) is 0 Å². The van der Waals surface area contributed by atoms with Crippen LogP contribution in [0.2, 0.25) is 5.02 Å². The predicted octanol–water partition coefficient (Wildman–Crippen LogP) is 3.29. The summed E-state index contributed by atoms with van der Waals surface area (Å²) < 4.78 is 1.76. The summed E-state index contributed by atoms with van der Waals surface area (Å²) in [6.45, 7) is 4.49. The molecule has 11 heteroatoms. The molecule has 34 heavy (non-hydrogen) atoms. The molecule has 4 aromatic heterocycles. The standard InChI is InChI=1S/C23H22ClN9S/c1-11-27-17(9-34-11)23(10-25)14-7-33(8-15(14)23)18-5-26-21-20(29-30-22(21)28-18)12-3-4-16-13(19(12)24)6-32(2)31-16/h3-6,9,14-15H,7-8,10,25H2,1-2H3,(H,28,29,30)/t14-,15+,23?. The first-order valence-corrected chi connectivity index (χ1v) is 12.5. The highest BCUT2D eigenvalue weighted by molar-refractivity contribution is 7.09. The van der Waals surface area contributed by atoms with Crippen LogP contribution >= 0.6 is 22.9 Å². The Hall–Kier alpha value is -3.08. The fourth-order valence-corrected chi connectivity index (χ4v) is 6.79. The molecule has 5 heterocycles. The van der Waals surface area contributed by atoms with Crippen molar-refractivity contribution in [1.29, 1.82) is 0 Å². The Balaban J connectivity index is 1.18. The van der Waals surface area contributed by atoms with Crippen LogP contribution in [0.4, 0.5) is 5.82 Å². The molecule has 7 rings (SSSR count). The van der Waals surface area contributed by atoms with Crippen molar-refractivity contribution in [1.82, 2.24) is 34.9 Å². The number of halogens is 1. The van der Waals surface area contributed by atoms with Gasteiger partial charge >= 0.3 is 0 Å². The number of anilines is 1. The van der Waals surface area contributed by atoms with Gasteiger partial charge in [0.1, 0.15) is 11.3 Å². The largest absolute Gasteiger partial charge is 0.355 e. The zero-order valence-corrected chi connectivity index (χ0v) is 20.2. The summed E-state index contributed by atoms with van der Waals surface area (Å²) in [5.41, 5.74) is 11.2. The Kier molecular flexibility index (Phi) is 4.16. The molecule has 2 aliphatic rings. The van der Waals surface area contributed by atoms with Crippen molar-refractivity contribution >= 4 is 50.8 Å². The summed E-state index contributed by atoms with van der Waals surface area (Å²) >= 11 is 8.42. The fraction of sp³-hybridized carbons (Fsp3) is 0.348. The third kappa shape index (κ3) is 2.67. The average molecular weight is 492 g/mol. The van der Waals surface area contributed by atoms with Crippen molar-refractivity contribution in [2.24, 2.45) is 24.6 Å². The first kappa shape index (κ1) is 20.3. The lowest BCUT2D eigenvalue weighted by Crippen LogP contribution is -2.35. The maximum atomic E-state index is 6.72. The van der Waals surface area contributed by atoms with E-state index in [-0.39, 0.29) is 5.41 Å². The maximum Gasteiger partial charge on any atom is 0.202 e. The van der Waals surface area contributed by atoms with Crippen LogP contribution in [-0.4, -0.2) is 54.6 Å². The van der Waals surface area contributed by atoms with Gasteiger partial charge in [0.05, 0.1) is 33.1 Å². The summed E-state index contributed by atoms with van der Waals surface area (Å²) in [7, 11) is 1.88. The molecular weight excluding hydrogens is 470 g/mol. The summed E-state index contributed by atoms with van der Waals surface area (Å²) in [6.07, 6.45) is 3.75. The molecule has 1 aliphatic heterocycles. The third-order valence-electron chi connectivity index (χ3n) is 7.55. The third-order valence-corrected chi connectivity index (χ3v) is 8.73. The second-order valence-electron chi connectivity index (χ2n) is 9.28. The second kappa shape index (κ2) is 6.97. The van der Waals surface area contributed by atoms with E-state index < -0.39 is 0 Å². The number of aromatic amines is 1. The van der Waals surface area contributed by atoms with Gasteiger partial charge in [-0.05, 0) is 30.9 Å². The van der Waals surface area contributed by atoms with Crippen molar-refractivity contribution in [2.75, 3.05) is 24.5 Å². The minimum absolute atomic E-state index is 0.0139. The minimum Gasteiger partial charge on any atom is -0.355 e. The van der Waals surface area contributed by atoms with Gasteiger partial charge in [0.15, 0.2) is 0 Å². The van der Waals surface area contributed by atoms with E-state index in [2.05, 4.69) is 25.6 Å². The zero-order valence-electron chi connectivity index (χ0n) is 18.7. The number of fused-ring (bicyclic) bond motifs is 3. The number of nitrogens with zero attached hydrogens (tertiary/aromatic N) is 7. The number of aryl methyl sites for hydroxylation is 2. The SMILES string of the molecule is Cc1nc(C2(CN)[C@@H]3CN(c4cnc5c(-c6ccc7nn(C)cc7c6Cl)[nH]nc5n4)C[C@@H]32)cs1. The summed E-state index contributed by atoms with van der Waals surface area (Å²) in [6, 6.07) is 3.90. The van der Waals surface area contributed by atoms with E-state index in [1.165, 1.54) is 0 Å². The Morgan fingerprint density at radius 3 is 2.82 bits per heavy atom. The van der Waals surface area contributed by atoms with Crippen LogP contribution in [0.15, 0.2) is 29.9 Å². The number of rotatable bonds is 4. The molecule has 0 spiro atoms. The number of hydrogen-bond acceptors (Lipinski definition) is 8. The first-order chi connectivity index (χ1) is 16.5. The van der Waals surface area contributed by atoms with Crippen molar-refractivity contribution in [3.8, 4) is 11.3 Å². The summed E-state index contributed by atoms with van der Waals surface area (Å²) in [4.78, 5) is 16.6. The van der Waals surface area contributed by atoms with E-state index in [0.717, 1.165) is 51.8 Å². The lowest BCUT2D eigenvalue weighted by atomic mass is 9.96. The van der Waals surface area contributed by atoms with Crippen molar-refractivity contribution < 1.29 is 0 Å². The molecule has 0 bridgehead atoms. The highest BCUT2D eigenvalue weighted by atomic mass is 35.5. The lowest BCUT2D eigenvalue weighted by Gasteiger charge is -2.25. The van der Waals surface area contributed by atoms with Gasteiger partial charge < -0.3 is 10.6 Å². The van der Waals surface area contributed by atoms with E-state index in [0.29, 0.717) is 34.6 Å². The van der Waals surface area contributed by atoms with Gasteiger partial charge in [0, 0.05) is 54.6 Å². The number of piperidine rings is 1. The van der Waals surface area contributed by atoms with Crippen LogP contribution in [0.1, 0.15) is 10.7 Å². The number of hydrogen-bond donors (Lipinski definition) is 2. The van der Waals surface area contributed by atoms with Crippen LogP contribution < -0.4 is 10.6 Å². The van der Waals surface area contributed by atoms with Gasteiger partial charge in [-0.3, -0.25) is 9.78 Å². The number of nitrogens with two attached hydrogens (primary N) is 1. The monoisotopic (exact) mass is 491 g/mol. The molecular formula is C23H22ClN9S. The Bertz CT molecular complexity index is 1570. The Morgan fingerprint density at radius 1 is 1.26 bits per heavy atom. The molecule has 0 amide bonds. The van der Waals surface area contributed by atoms with Gasteiger partial charge in [-0.25, -0.2) is 15.0 Å². The number of thiazole rings is 1. The van der Waals surface area contributed by atoms with Gasteiger partial charge in [0.2, 0.25) is 5.65 Å². The van der Waals surface area contributed by atoms with Gasteiger partial charge in [-0.1, -0.05) is 11.6 Å². The molecule has 3 N–H and O–H groups in total. The van der Waals surface area contributed by atoms with Crippen LogP contribution in [0.5, 0.6) is 0 Å². The van der Waals surface area contributed by atoms with Crippen LogP contribution in [-0.2, 0) is 12.5 Å². The Morgan fingerprint density at radius 2 is 2.09 bits per heavy atom. The zero-order chi connectivity index (χ0) is 23.2. The Labute approximate surface area is 204 Å². The summed E-state index contributed by atoms with van der Waals surface area (Å²) in [5, 5.41) is 16.7. The molecule has 1 aliphatic carbocycles. The molecule has 1 aromatic carbocycles. The minimum atomic E-state index is 0.0139. The van der Waals surface area contributed by atoms with Gasteiger partial charge in [-0.15, -0.1) is 11.3 Å². The number of nitrogens with one attached hydrogen (secondary N) is 1. The van der Waals surface area contributed by atoms with Crippen LogP contribution in [0.25, 0.3) is 33.3 Å². The molecule has 172 valence electrons. The topological polar surface area (TPSA) is 114 Å². The molecule has 0 radical (unpaired) electrons. The fourth-order valence-electron chi connectivity index (χ4n) is 5.78. The van der Waals surface area contributed by atoms with E-state index >= 15 is 0 Å². The molecule has 1 saturated heterocycles. The quantitative estimate of drug-likeness (QED) is 0.396. The lowest BCUT2D eigenvalue weighted by molar-refractivity contribution is 0.540. The molecule has 1 saturated carbocycles. The van der Waals surface area contributed by atoms with Gasteiger partial charge in [-0.2, -0.15) is 10.2 Å². The predicted molar refractivity (Wildman–Crippen MR) is 133 cm³/mol. The average Bonchev–Trinajstić information content (AvgIpc) is 3.44. The highest BCUT2D eigenvalue weighted by Gasteiger charge is 2.69. The first-order valence-electron chi connectivity index (χ1n) is 11.2. The van der Waals surface area contributed by atoms with Crippen molar-refractivity contribution in [2.45, 2.75) is 12.3 Å². The van der Waals surface area contributed by atoms with Crippen molar-refractivity contribution in [3.63, 3.8) is 0 Å². The van der Waals surface area contributed by atoms with Crippen LogP contribution in [0.3, 0.4) is 0 Å². The van der Waals surface area contributed by atoms with Crippen LogP contribution in [0, 0.1) is 18.8 Å². The molecule has 3 atom stereocenters.